The van der Waals surface area contributed by atoms with Crippen molar-refractivity contribution in [2.45, 2.75) is 66.1 Å². The molecule has 5 nitrogen and oxygen atoms in total. The van der Waals surface area contributed by atoms with Gasteiger partial charge in [-0.15, -0.1) is 11.3 Å². The van der Waals surface area contributed by atoms with Gasteiger partial charge in [0, 0.05) is 26.6 Å². The van der Waals surface area contributed by atoms with E-state index in [4.69, 9.17) is 19.9 Å². The average Bonchev–Trinajstić information content (AvgIpc) is 2.92. The minimum atomic E-state index is -0.838. The fraction of sp³-hybridized carbons (Fsp3) is 0.522. The van der Waals surface area contributed by atoms with Crippen LogP contribution in [0.25, 0.3) is 5.70 Å². The SMILES string of the molecule is C=C1CCCO/C1=C/C=C(\N)c1c(C)sc(C)c1C(OC(C)(C)C)C(=O)OCC. The number of nitrogens with two attached hydrogens (primary N) is 1. The number of allylic oxidation sites excluding steroid dienone is 3. The van der Waals surface area contributed by atoms with Crippen molar-refractivity contribution in [2.24, 2.45) is 5.73 Å². The molecule has 0 amide bonds. The molecule has 1 aliphatic heterocycles. The molecule has 2 heterocycles. The molecule has 1 saturated heterocycles. The van der Waals surface area contributed by atoms with Crippen LogP contribution < -0.4 is 5.73 Å². The number of ether oxygens (including phenoxy) is 3. The van der Waals surface area contributed by atoms with E-state index in [1.807, 2.05) is 46.8 Å². The predicted octanol–water partition coefficient (Wildman–Crippen LogP) is 5.33. The monoisotopic (exact) mass is 419 g/mol. The van der Waals surface area contributed by atoms with E-state index in [0.717, 1.165) is 45.1 Å². The lowest BCUT2D eigenvalue weighted by Gasteiger charge is -2.27. The van der Waals surface area contributed by atoms with Crippen LogP contribution in [0.4, 0.5) is 0 Å². The molecule has 1 aliphatic rings. The molecule has 1 aromatic heterocycles. The number of carbonyl (C=O) groups excluding carboxylic acids is 1. The first-order valence-electron chi connectivity index (χ1n) is 9.98. The molecule has 2 rings (SSSR count). The van der Waals surface area contributed by atoms with Gasteiger partial charge in [0.25, 0.3) is 0 Å². The molecule has 1 atom stereocenters. The lowest BCUT2D eigenvalue weighted by Crippen LogP contribution is -2.29. The van der Waals surface area contributed by atoms with Crippen molar-refractivity contribution < 1.29 is 19.0 Å². The van der Waals surface area contributed by atoms with Gasteiger partial charge in [-0.05, 0) is 72.1 Å². The molecular weight excluding hydrogens is 386 g/mol. The normalized spacial score (nSPS) is 17.9. The van der Waals surface area contributed by atoms with E-state index in [1.165, 1.54) is 0 Å². The Labute approximate surface area is 178 Å². The number of carbonyl (C=O) groups is 1. The van der Waals surface area contributed by atoms with E-state index in [-0.39, 0.29) is 6.61 Å². The number of aryl methyl sites for hydroxylation is 2. The van der Waals surface area contributed by atoms with Crippen LogP contribution in [0.3, 0.4) is 0 Å². The molecular formula is C23H33NO4S. The van der Waals surface area contributed by atoms with Crippen LogP contribution in [0.15, 0.2) is 30.1 Å². The van der Waals surface area contributed by atoms with Crippen molar-refractivity contribution in [3.8, 4) is 0 Å². The Morgan fingerprint density at radius 3 is 2.62 bits per heavy atom. The zero-order valence-electron chi connectivity index (χ0n) is 18.4. The molecule has 6 heteroatoms. The Hall–Kier alpha value is -2.05. The molecule has 0 aromatic carbocycles. The third-order valence-corrected chi connectivity index (χ3v) is 5.51. The second kappa shape index (κ2) is 9.63. The Balaban J connectivity index is 2.50. The summed E-state index contributed by atoms with van der Waals surface area (Å²) >= 11 is 1.60. The van der Waals surface area contributed by atoms with Crippen LogP contribution in [0.2, 0.25) is 0 Å². The Kier molecular flexibility index (Phi) is 7.72. The van der Waals surface area contributed by atoms with Crippen molar-refractivity contribution in [1.82, 2.24) is 0 Å². The number of hydrogen-bond donors (Lipinski definition) is 1. The largest absolute Gasteiger partial charge is 0.493 e. The molecule has 0 bridgehead atoms. The summed E-state index contributed by atoms with van der Waals surface area (Å²) < 4.78 is 17.1. The number of rotatable bonds is 6. The first kappa shape index (κ1) is 23.2. The molecule has 0 radical (unpaired) electrons. The van der Waals surface area contributed by atoms with Gasteiger partial charge in [-0.25, -0.2) is 4.79 Å². The molecule has 2 N–H and O–H groups in total. The summed E-state index contributed by atoms with van der Waals surface area (Å²) in [6, 6.07) is 0. The Bertz CT molecular complexity index is 827. The molecule has 1 aromatic rings. The maximum atomic E-state index is 12.8. The van der Waals surface area contributed by atoms with Crippen molar-refractivity contribution in [3.05, 3.63) is 50.9 Å². The van der Waals surface area contributed by atoms with E-state index in [1.54, 1.807) is 18.3 Å². The quantitative estimate of drug-likeness (QED) is 0.631. The van der Waals surface area contributed by atoms with E-state index >= 15 is 0 Å². The predicted molar refractivity (Wildman–Crippen MR) is 119 cm³/mol. The number of esters is 1. The van der Waals surface area contributed by atoms with E-state index in [0.29, 0.717) is 12.3 Å². The number of thiophene rings is 1. The van der Waals surface area contributed by atoms with Crippen molar-refractivity contribution in [1.29, 1.82) is 0 Å². The topological polar surface area (TPSA) is 70.8 Å². The number of hydrogen-bond acceptors (Lipinski definition) is 6. The van der Waals surface area contributed by atoms with E-state index in [9.17, 15) is 4.79 Å². The summed E-state index contributed by atoms with van der Waals surface area (Å²) in [6.07, 6.45) is 4.75. The maximum absolute atomic E-state index is 12.8. The fourth-order valence-electron chi connectivity index (χ4n) is 3.28. The highest BCUT2D eigenvalue weighted by Gasteiger charge is 2.33. The summed E-state index contributed by atoms with van der Waals surface area (Å²) in [5, 5.41) is 0. The van der Waals surface area contributed by atoms with Crippen molar-refractivity contribution in [3.63, 3.8) is 0 Å². The van der Waals surface area contributed by atoms with Gasteiger partial charge in [0.1, 0.15) is 5.76 Å². The highest BCUT2D eigenvalue weighted by Crippen LogP contribution is 2.39. The molecule has 0 saturated carbocycles. The minimum absolute atomic E-state index is 0.289. The summed E-state index contributed by atoms with van der Waals surface area (Å²) in [5.74, 6) is 0.359. The first-order chi connectivity index (χ1) is 13.5. The zero-order chi connectivity index (χ0) is 21.8. The van der Waals surface area contributed by atoms with Gasteiger partial charge in [0.2, 0.25) is 0 Å². The highest BCUT2D eigenvalue weighted by molar-refractivity contribution is 7.12. The van der Waals surface area contributed by atoms with Crippen LogP contribution in [-0.2, 0) is 19.0 Å². The first-order valence-corrected chi connectivity index (χ1v) is 10.8. The minimum Gasteiger partial charge on any atom is -0.493 e. The zero-order valence-corrected chi connectivity index (χ0v) is 19.2. The molecule has 1 fully saturated rings. The second-order valence-corrected chi connectivity index (χ2v) is 9.50. The van der Waals surface area contributed by atoms with Crippen LogP contribution in [-0.4, -0.2) is 24.8 Å². The summed E-state index contributed by atoms with van der Waals surface area (Å²) in [5.41, 5.74) is 9.09. The van der Waals surface area contributed by atoms with Crippen LogP contribution in [0.5, 0.6) is 0 Å². The van der Waals surface area contributed by atoms with Gasteiger partial charge in [0.15, 0.2) is 6.10 Å². The van der Waals surface area contributed by atoms with E-state index < -0.39 is 17.7 Å². The smallest absolute Gasteiger partial charge is 0.340 e. The van der Waals surface area contributed by atoms with Crippen LogP contribution in [0, 0.1) is 13.8 Å². The second-order valence-electron chi connectivity index (χ2n) is 8.07. The summed E-state index contributed by atoms with van der Waals surface area (Å²) in [6.45, 7) is 16.6. The lowest BCUT2D eigenvalue weighted by atomic mass is 9.99. The van der Waals surface area contributed by atoms with E-state index in [2.05, 4.69) is 6.58 Å². The maximum Gasteiger partial charge on any atom is 0.340 e. The highest BCUT2D eigenvalue weighted by atomic mass is 32.1. The molecule has 0 aliphatic carbocycles. The fourth-order valence-corrected chi connectivity index (χ4v) is 4.39. The third kappa shape index (κ3) is 5.97. The molecule has 0 spiro atoms. The van der Waals surface area contributed by atoms with Crippen molar-refractivity contribution >= 4 is 23.0 Å². The lowest BCUT2D eigenvalue weighted by molar-refractivity contribution is -0.166. The van der Waals surface area contributed by atoms with Gasteiger partial charge in [-0.1, -0.05) is 6.58 Å². The molecule has 1 unspecified atom stereocenters. The average molecular weight is 420 g/mol. The van der Waals surface area contributed by atoms with Gasteiger partial charge >= 0.3 is 5.97 Å². The van der Waals surface area contributed by atoms with Crippen LogP contribution >= 0.6 is 11.3 Å². The molecule has 29 heavy (non-hydrogen) atoms. The Morgan fingerprint density at radius 1 is 1.34 bits per heavy atom. The van der Waals surface area contributed by atoms with Crippen molar-refractivity contribution in [2.75, 3.05) is 13.2 Å². The van der Waals surface area contributed by atoms with Gasteiger partial charge in [-0.3, -0.25) is 0 Å². The Morgan fingerprint density at radius 2 is 2.03 bits per heavy atom. The van der Waals surface area contributed by atoms with Gasteiger partial charge in [0.05, 0.1) is 18.8 Å². The van der Waals surface area contributed by atoms with Gasteiger partial charge in [-0.2, -0.15) is 0 Å². The standard InChI is InChI=1S/C23H33NO4S/c1-8-26-22(25)21(28-23(5,6)7)20-16(4)29-15(3)19(20)17(24)11-12-18-14(2)10-9-13-27-18/h11-12,21H,2,8-10,13,24H2,1,3-7H3/b17-11-,18-12+. The van der Waals surface area contributed by atoms with Crippen LogP contribution in [0.1, 0.15) is 67.5 Å². The van der Waals surface area contributed by atoms with Gasteiger partial charge < -0.3 is 19.9 Å². The summed E-state index contributed by atoms with van der Waals surface area (Å²) in [7, 11) is 0. The summed E-state index contributed by atoms with van der Waals surface area (Å²) in [4.78, 5) is 14.8. The third-order valence-electron chi connectivity index (χ3n) is 4.47. The molecule has 160 valence electrons.